The average molecular weight is 397 g/mol. The van der Waals surface area contributed by atoms with Crippen LogP contribution in [0.5, 0.6) is 5.75 Å². The second-order valence-corrected chi connectivity index (χ2v) is 4.56. The van der Waals surface area contributed by atoms with E-state index < -0.39 is 35.1 Å². The first-order valence-corrected chi connectivity index (χ1v) is 7.23. The van der Waals surface area contributed by atoms with E-state index in [1.54, 1.807) is 19.1 Å². The lowest BCUT2D eigenvalue weighted by Crippen LogP contribution is -2.10. The molecule has 28 heavy (non-hydrogen) atoms. The second-order valence-electron chi connectivity index (χ2n) is 4.56. The zero-order valence-corrected chi connectivity index (χ0v) is 14.8. The van der Waals surface area contributed by atoms with Crippen LogP contribution in [-0.4, -0.2) is 60.0 Å². The minimum Gasteiger partial charge on any atom is -0.516 e. The number of carbonyl (C=O) groups excluding carboxylic acids is 2. The quantitative estimate of drug-likeness (QED) is 0.233. The molecule has 1 heterocycles. The summed E-state index contributed by atoms with van der Waals surface area (Å²) in [6, 6.07) is 0. The van der Waals surface area contributed by atoms with Crippen molar-refractivity contribution in [1.82, 2.24) is 4.98 Å². The fourth-order valence-corrected chi connectivity index (χ4v) is 1.50. The number of rotatable bonds is 5. The lowest BCUT2D eigenvalue weighted by Gasteiger charge is -2.05. The number of hydrogen-bond donors (Lipinski definition) is 6. The average Bonchev–Trinajstić information content (AvgIpc) is 2.61. The number of carbonyl (C=O) groups is 2. The van der Waals surface area contributed by atoms with Crippen LogP contribution in [0.25, 0.3) is 0 Å². The van der Waals surface area contributed by atoms with Gasteiger partial charge in [-0.1, -0.05) is 18.2 Å². The van der Waals surface area contributed by atoms with Gasteiger partial charge in [-0.25, -0.2) is 9.59 Å². The fourth-order valence-electron chi connectivity index (χ4n) is 1.50. The number of aromatic nitrogens is 1. The van der Waals surface area contributed by atoms with Crippen LogP contribution < -0.4 is 0 Å². The van der Waals surface area contributed by atoms with Crippen LogP contribution in [0.15, 0.2) is 42.3 Å². The number of carboxylic acid groups (broad SMARTS) is 2. The number of pyridine rings is 1. The highest BCUT2D eigenvalue weighted by atomic mass is 16.5. The van der Waals surface area contributed by atoms with E-state index >= 15 is 0 Å². The highest BCUT2D eigenvalue weighted by molar-refractivity contribution is 6.03. The maximum atomic E-state index is 10.6. The molecule has 6 N–H and O–H groups in total. The Kier molecular flexibility index (Phi) is 13.6. The third kappa shape index (κ3) is 9.63. The molecule has 1 rings (SSSR count). The fraction of sp³-hybridized carbons (Fsp3) is 0.176. The van der Waals surface area contributed by atoms with E-state index in [-0.39, 0.29) is 17.4 Å². The Labute approximate surface area is 158 Å². The first-order valence-electron chi connectivity index (χ1n) is 7.23. The molecule has 0 radical (unpaired) electrons. The molecule has 0 unspecified atom stereocenters. The van der Waals surface area contributed by atoms with Gasteiger partial charge in [0, 0.05) is 11.8 Å². The summed E-state index contributed by atoms with van der Waals surface area (Å²) in [4.78, 5) is 41.0. The van der Waals surface area contributed by atoms with Gasteiger partial charge in [0.1, 0.15) is 5.56 Å². The van der Waals surface area contributed by atoms with Crippen molar-refractivity contribution in [3.63, 3.8) is 0 Å². The number of carboxylic acids is 2. The van der Waals surface area contributed by atoms with Crippen LogP contribution in [-0.2, 0) is 9.59 Å². The third-order valence-electron chi connectivity index (χ3n) is 2.73. The van der Waals surface area contributed by atoms with Crippen molar-refractivity contribution in [2.45, 2.75) is 20.1 Å². The molecule has 0 saturated carbocycles. The zero-order chi connectivity index (χ0) is 22.3. The maximum absolute atomic E-state index is 10.6. The maximum Gasteiger partial charge on any atom is 0.373 e. The largest absolute Gasteiger partial charge is 0.516 e. The summed E-state index contributed by atoms with van der Waals surface area (Å²) in [6.45, 7) is 3.19. The molecule has 0 bridgehead atoms. The Morgan fingerprint density at radius 2 is 1.71 bits per heavy atom. The van der Waals surface area contributed by atoms with Gasteiger partial charge in [-0.2, -0.15) is 9.59 Å². The second kappa shape index (κ2) is 14.4. The monoisotopic (exact) mass is 397 g/mol. The number of aryl methyl sites for hydroxylation is 1. The van der Waals surface area contributed by atoms with Crippen LogP contribution in [0.1, 0.15) is 33.3 Å². The van der Waals surface area contributed by atoms with E-state index in [2.05, 4.69) is 4.98 Å². The topological polar surface area (TPSA) is 203 Å². The molecule has 0 aliphatic carbocycles. The van der Waals surface area contributed by atoms with Gasteiger partial charge < -0.3 is 30.6 Å². The molecule has 0 fully saturated rings. The molecule has 0 amide bonds. The molecule has 0 atom stereocenters. The highest BCUT2D eigenvalue weighted by Gasteiger charge is 2.22. The normalized spacial score (nSPS) is 10.7. The van der Waals surface area contributed by atoms with Gasteiger partial charge >= 0.3 is 18.1 Å². The van der Waals surface area contributed by atoms with Gasteiger partial charge in [-0.15, -0.1) is 0 Å². The number of allylic oxidation sites excluding steroid dienone is 3. The van der Waals surface area contributed by atoms with E-state index in [0.717, 1.165) is 12.5 Å². The Bertz CT molecular complexity index is 787. The third-order valence-corrected chi connectivity index (χ3v) is 2.73. The summed E-state index contributed by atoms with van der Waals surface area (Å²) in [6.07, 6.45) is 6.47. The van der Waals surface area contributed by atoms with Crippen molar-refractivity contribution >= 4 is 18.1 Å². The van der Waals surface area contributed by atoms with Crippen molar-refractivity contribution in [1.29, 1.82) is 0 Å². The first kappa shape index (κ1) is 26.4. The predicted molar refractivity (Wildman–Crippen MR) is 92.5 cm³/mol. The predicted octanol–water partition coefficient (Wildman–Crippen LogP) is 0.780. The molecule has 11 heteroatoms. The molecule has 0 spiro atoms. The van der Waals surface area contributed by atoms with Crippen molar-refractivity contribution < 1.29 is 49.8 Å². The summed E-state index contributed by atoms with van der Waals surface area (Å²) >= 11 is 0. The lowest BCUT2D eigenvalue weighted by atomic mass is 10.1. The Hall–Kier alpha value is -3.79. The Morgan fingerprint density at radius 3 is 2.07 bits per heavy atom. The van der Waals surface area contributed by atoms with Crippen molar-refractivity contribution in [3.05, 3.63) is 59.2 Å². The van der Waals surface area contributed by atoms with Gasteiger partial charge in [-0.3, -0.25) is 4.98 Å². The minimum atomic E-state index is -1.55. The molecule has 11 nitrogen and oxygen atoms in total. The number of hydrogen-bond acceptors (Lipinski definition) is 9. The number of aromatic carboxylic acids is 2. The van der Waals surface area contributed by atoms with Crippen LogP contribution >= 0.6 is 0 Å². The molecule has 152 valence electrons. The summed E-state index contributed by atoms with van der Waals surface area (Å²) < 4.78 is 0. The summed E-state index contributed by atoms with van der Waals surface area (Å²) in [5.41, 5.74) is -0.844. The first-order chi connectivity index (χ1) is 13.1. The van der Waals surface area contributed by atoms with Gasteiger partial charge in [0.25, 0.3) is 0 Å². The van der Waals surface area contributed by atoms with Crippen LogP contribution in [0.3, 0.4) is 0 Å². The van der Waals surface area contributed by atoms with Crippen LogP contribution in [0.2, 0.25) is 0 Å². The Balaban J connectivity index is 0. The smallest absolute Gasteiger partial charge is 0.373 e. The number of aliphatic hydroxyl groups excluding tert-OH is 2. The summed E-state index contributed by atoms with van der Waals surface area (Å²) in [5.74, 6) is -3.55. The summed E-state index contributed by atoms with van der Waals surface area (Å²) in [5, 5.41) is 52.2. The molecule has 1 aromatic heterocycles. The molecule has 0 saturated heterocycles. The SMILES string of the molecule is CC=CC=C(C=CO)C(O)O.Cc1ncc(C(=O)O)c(C(=O)O)c1O.O=C=O. The van der Waals surface area contributed by atoms with E-state index in [1.807, 2.05) is 0 Å². The highest BCUT2D eigenvalue weighted by Crippen LogP contribution is 2.23. The lowest BCUT2D eigenvalue weighted by molar-refractivity contribution is -0.191. The number of nitrogens with zero attached hydrogens (tertiary/aromatic N) is 1. The van der Waals surface area contributed by atoms with Crippen molar-refractivity contribution in [3.8, 4) is 5.75 Å². The minimum absolute atomic E-state index is 0.0763. The molecular weight excluding hydrogens is 378 g/mol. The van der Waals surface area contributed by atoms with Gasteiger partial charge in [-0.05, 0) is 19.9 Å². The summed E-state index contributed by atoms with van der Waals surface area (Å²) in [7, 11) is 0. The number of aromatic hydroxyl groups is 1. The van der Waals surface area contributed by atoms with Crippen LogP contribution in [0, 0.1) is 6.92 Å². The molecule has 0 aromatic carbocycles. The van der Waals surface area contributed by atoms with Crippen molar-refractivity contribution in [2.24, 2.45) is 0 Å². The van der Waals surface area contributed by atoms with Crippen LogP contribution in [0.4, 0.5) is 0 Å². The zero-order valence-electron chi connectivity index (χ0n) is 14.8. The molecule has 0 aliphatic heterocycles. The Morgan fingerprint density at radius 1 is 1.18 bits per heavy atom. The van der Waals surface area contributed by atoms with E-state index in [9.17, 15) is 14.7 Å². The molecule has 1 aromatic rings. The van der Waals surface area contributed by atoms with Gasteiger partial charge in [0.2, 0.25) is 0 Å². The van der Waals surface area contributed by atoms with Crippen molar-refractivity contribution in [2.75, 3.05) is 0 Å². The number of aliphatic hydroxyl groups is 3. The van der Waals surface area contributed by atoms with Gasteiger partial charge in [0.05, 0.1) is 17.5 Å². The van der Waals surface area contributed by atoms with Gasteiger partial charge in [0.15, 0.2) is 12.0 Å². The standard InChI is InChI=1S/C8H7NO5.C8H12O3.CO2/c1-3-6(10)5(8(13)14)4(2-9-3)7(11)12;1-2-3-4-7(5-6-9)8(10)11;2-1-3/h2,10H,1H3,(H,11,12)(H,13,14);2-6,8-11H,1H3;. The van der Waals surface area contributed by atoms with E-state index in [0.29, 0.717) is 0 Å². The van der Waals surface area contributed by atoms with E-state index in [4.69, 9.17) is 35.1 Å². The molecular formula is C17H19NO10. The van der Waals surface area contributed by atoms with E-state index in [1.165, 1.54) is 19.1 Å². The molecule has 0 aliphatic rings.